The number of anilines is 2. The Morgan fingerprint density at radius 2 is 1.77 bits per heavy atom. The third-order valence-electron chi connectivity index (χ3n) is 5.19. The Morgan fingerprint density at radius 3 is 2.46 bits per heavy atom. The molecule has 0 saturated heterocycles. The smallest absolute Gasteiger partial charge is 0.320 e. The largest absolute Gasteiger partial charge is 0.404 e. The van der Waals surface area contributed by atoms with Crippen LogP contribution in [0.15, 0.2) is 42.7 Å². The summed E-state index contributed by atoms with van der Waals surface area (Å²) in [6.45, 7) is 0.747. The molecule has 0 radical (unpaired) electrons. The maximum atomic E-state index is 14.5. The van der Waals surface area contributed by atoms with Crippen LogP contribution in [0.1, 0.15) is 19.4 Å². The molecule has 0 fully saturated rings. The molecule has 12 heteroatoms. The van der Waals surface area contributed by atoms with Crippen molar-refractivity contribution in [2.24, 2.45) is 5.41 Å². The summed E-state index contributed by atoms with van der Waals surface area (Å²) in [5, 5.41) is 7.64. The molecule has 0 spiro atoms. The molecular formula is C23H16F7N5. The van der Waals surface area contributed by atoms with Gasteiger partial charge in [-0.15, -0.1) is 10.2 Å². The van der Waals surface area contributed by atoms with Crippen LogP contribution in [0.5, 0.6) is 0 Å². The maximum absolute atomic E-state index is 14.5. The quantitative estimate of drug-likeness (QED) is 0.261. The lowest BCUT2D eigenvalue weighted by Crippen LogP contribution is -2.30. The average Bonchev–Trinajstić information content (AvgIpc) is 3.23. The predicted molar refractivity (Wildman–Crippen MR) is 114 cm³/mol. The van der Waals surface area contributed by atoms with Gasteiger partial charge in [0.2, 0.25) is 0 Å². The maximum Gasteiger partial charge on any atom is 0.404 e. The summed E-state index contributed by atoms with van der Waals surface area (Å²) in [5.74, 6) is 2.58. The minimum Gasteiger partial charge on any atom is -0.320 e. The third kappa shape index (κ3) is 4.84. The second kappa shape index (κ2) is 8.72. The normalized spacial score (nSPS) is 12.3. The Hall–Kier alpha value is -3.88. The Morgan fingerprint density at radius 1 is 1.03 bits per heavy atom. The number of halogens is 7. The molecule has 5 nitrogen and oxygen atoms in total. The van der Waals surface area contributed by atoms with Crippen molar-refractivity contribution in [3.05, 3.63) is 59.9 Å². The van der Waals surface area contributed by atoms with Gasteiger partial charge in [-0.1, -0.05) is 11.8 Å². The van der Waals surface area contributed by atoms with E-state index in [0.29, 0.717) is 5.52 Å². The molecule has 0 atom stereocenters. The number of fused-ring (bicyclic) bond motifs is 3. The number of hydrogen-bond donors (Lipinski definition) is 0. The van der Waals surface area contributed by atoms with Crippen molar-refractivity contribution in [1.82, 2.24) is 19.6 Å². The average molecular weight is 495 g/mol. The van der Waals surface area contributed by atoms with Crippen LogP contribution in [0.25, 0.3) is 16.7 Å². The molecule has 182 valence electrons. The first-order valence-corrected chi connectivity index (χ1v) is 10.1. The number of rotatable bonds is 4. The van der Waals surface area contributed by atoms with Gasteiger partial charge in [-0.2, -0.15) is 18.2 Å². The first-order valence-electron chi connectivity index (χ1n) is 10.1. The molecule has 35 heavy (non-hydrogen) atoms. The van der Waals surface area contributed by atoms with Crippen LogP contribution < -0.4 is 4.90 Å². The van der Waals surface area contributed by atoms with Gasteiger partial charge in [0, 0.05) is 16.6 Å². The van der Waals surface area contributed by atoms with E-state index in [1.807, 2.05) is 0 Å². The highest BCUT2D eigenvalue weighted by atomic mass is 19.4. The van der Waals surface area contributed by atoms with E-state index in [0.717, 1.165) is 49.1 Å². The molecule has 4 rings (SSSR count). The van der Waals surface area contributed by atoms with Gasteiger partial charge in [-0.3, -0.25) is 4.40 Å². The molecule has 2 aromatic heterocycles. The molecule has 2 heterocycles. The molecule has 0 aliphatic carbocycles. The fourth-order valence-electron chi connectivity index (χ4n) is 3.29. The van der Waals surface area contributed by atoms with E-state index in [1.165, 1.54) is 16.8 Å². The Bertz CT molecular complexity index is 1460. The van der Waals surface area contributed by atoms with Crippen LogP contribution in [0.4, 0.5) is 42.2 Å². The standard InChI is InChI=1S/C23H16F7N5/c1-22(2,23(28,29)30)6-5-13-7-15(25)9-16(8-13)34(11-19(26)27)20-17-10-14(24)3-4-18(17)35-12-31-33-21(35)32-20/h3-4,7-10,12,19H,11H2,1-2H3. The van der Waals surface area contributed by atoms with Crippen molar-refractivity contribution >= 4 is 28.2 Å². The lowest BCUT2D eigenvalue weighted by molar-refractivity contribution is -0.190. The second-order valence-corrected chi connectivity index (χ2v) is 8.17. The molecule has 0 unspecified atom stereocenters. The van der Waals surface area contributed by atoms with Gasteiger partial charge in [0.25, 0.3) is 12.2 Å². The van der Waals surface area contributed by atoms with Crippen molar-refractivity contribution in [2.75, 3.05) is 11.4 Å². The number of alkyl halides is 5. The van der Waals surface area contributed by atoms with E-state index in [1.54, 1.807) is 0 Å². The molecule has 0 saturated carbocycles. The first-order chi connectivity index (χ1) is 16.4. The minimum atomic E-state index is -4.64. The summed E-state index contributed by atoms with van der Waals surface area (Å²) in [6.07, 6.45) is -6.27. The highest BCUT2D eigenvalue weighted by molar-refractivity contribution is 5.93. The summed E-state index contributed by atoms with van der Waals surface area (Å²) in [7, 11) is 0. The number of aromatic nitrogens is 4. The molecular weight excluding hydrogens is 479 g/mol. The van der Waals surface area contributed by atoms with E-state index in [4.69, 9.17) is 0 Å². The summed E-state index contributed by atoms with van der Waals surface area (Å²) < 4.78 is 96.6. The van der Waals surface area contributed by atoms with Gasteiger partial charge in [0.15, 0.2) is 0 Å². The van der Waals surface area contributed by atoms with Crippen LogP contribution in [-0.4, -0.2) is 38.7 Å². The Balaban J connectivity index is 1.91. The van der Waals surface area contributed by atoms with Gasteiger partial charge in [0.05, 0.1) is 12.1 Å². The lowest BCUT2D eigenvalue weighted by atomic mass is 9.93. The zero-order valence-corrected chi connectivity index (χ0v) is 18.2. The molecule has 0 aliphatic rings. The number of nitrogens with zero attached hydrogens (tertiary/aromatic N) is 5. The molecule has 0 bridgehead atoms. The van der Waals surface area contributed by atoms with Gasteiger partial charge in [-0.05, 0) is 50.2 Å². The zero-order chi connectivity index (χ0) is 25.5. The summed E-state index contributed by atoms with van der Waals surface area (Å²) in [5.41, 5.74) is -2.38. The van der Waals surface area contributed by atoms with Gasteiger partial charge >= 0.3 is 6.18 Å². The monoisotopic (exact) mass is 495 g/mol. The van der Waals surface area contributed by atoms with E-state index >= 15 is 0 Å². The van der Waals surface area contributed by atoms with Gasteiger partial charge in [-0.25, -0.2) is 17.6 Å². The zero-order valence-electron chi connectivity index (χ0n) is 18.2. The highest BCUT2D eigenvalue weighted by Crippen LogP contribution is 2.37. The van der Waals surface area contributed by atoms with Crippen LogP contribution in [0.2, 0.25) is 0 Å². The van der Waals surface area contributed by atoms with E-state index in [-0.39, 0.29) is 28.2 Å². The topological polar surface area (TPSA) is 46.3 Å². The summed E-state index contributed by atoms with van der Waals surface area (Å²) >= 11 is 0. The third-order valence-corrected chi connectivity index (χ3v) is 5.19. The van der Waals surface area contributed by atoms with Crippen LogP contribution in [0.3, 0.4) is 0 Å². The molecule has 4 aromatic rings. The van der Waals surface area contributed by atoms with Gasteiger partial charge < -0.3 is 4.90 Å². The molecule has 0 aliphatic heterocycles. The molecule has 2 aromatic carbocycles. The van der Waals surface area contributed by atoms with Crippen molar-refractivity contribution in [3.63, 3.8) is 0 Å². The van der Waals surface area contributed by atoms with Crippen molar-refractivity contribution in [3.8, 4) is 11.8 Å². The fourth-order valence-corrected chi connectivity index (χ4v) is 3.29. The fraction of sp³-hybridized carbons (Fsp3) is 0.261. The lowest BCUT2D eigenvalue weighted by Gasteiger charge is -2.25. The van der Waals surface area contributed by atoms with Gasteiger partial charge in [0.1, 0.15) is 29.2 Å². The number of hydrogen-bond acceptors (Lipinski definition) is 4. The molecule has 0 amide bonds. The Labute approximate surface area is 194 Å². The molecule has 0 N–H and O–H groups in total. The van der Waals surface area contributed by atoms with Crippen molar-refractivity contribution in [2.45, 2.75) is 26.4 Å². The Kier molecular flexibility index (Phi) is 6.04. The predicted octanol–water partition coefficient (Wildman–Crippen LogP) is 5.90. The van der Waals surface area contributed by atoms with Crippen LogP contribution in [-0.2, 0) is 0 Å². The summed E-state index contributed by atoms with van der Waals surface area (Å²) in [6, 6.07) is 6.56. The van der Waals surface area contributed by atoms with Crippen molar-refractivity contribution < 1.29 is 30.7 Å². The minimum absolute atomic E-state index is 0.0155. The van der Waals surface area contributed by atoms with E-state index in [9.17, 15) is 30.7 Å². The SMILES string of the molecule is CC(C)(C#Cc1cc(F)cc(N(CC(F)F)c2nc3nncn3c3ccc(F)cc23)c1)C(F)(F)F. The van der Waals surface area contributed by atoms with E-state index in [2.05, 4.69) is 27.0 Å². The van der Waals surface area contributed by atoms with Crippen LogP contribution >= 0.6 is 0 Å². The van der Waals surface area contributed by atoms with Crippen LogP contribution in [0, 0.1) is 28.9 Å². The number of benzene rings is 2. The van der Waals surface area contributed by atoms with Crippen molar-refractivity contribution in [1.29, 1.82) is 0 Å². The summed E-state index contributed by atoms with van der Waals surface area (Å²) in [4.78, 5) is 5.15. The second-order valence-electron chi connectivity index (χ2n) is 8.17. The first kappa shape index (κ1) is 24.3. The highest BCUT2D eigenvalue weighted by Gasteiger charge is 2.46. The van der Waals surface area contributed by atoms with E-state index < -0.39 is 36.2 Å².